The third kappa shape index (κ3) is 5.00. The minimum Gasteiger partial charge on any atom is -0.489 e. The zero-order chi connectivity index (χ0) is 24.2. The number of halogens is 1. The Hall–Kier alpha value is -3.84. The van der Waals surface area contributed by atoms with Crippen LogP contribution >= 0.6 is 11.8 Å². The Morgan fingerprint density at radius 2 is 1.63 bits per heavy atom. The first-order valence-corrected chi connectivity index (χ1v) is 12.2. The van der Waals surface area contributed by atoms with Crippen molar-refractivity contribution >= 4 is 39.9 Å². The molecule has 0 N–H and O–H groups in total. The highest BCUT2D eigenvalue weighted by Crippen LogP contribution is 2.34. The van der Waals surface area contributed by atoms with Crippen LogP contribution in [0.2, 0.25) is 0 Å². The van der Waals surface area contributed by atoms with Gasteiger partial charge in [0.1, 0.15) is 6.61 Å². The molecule has 0 saturated carbocycles. The van der Waals surface area contributed by atoms with Gasteiger partial charge in [-0.3, -0.25) is 14.5 Å². The molecule has 4 aromatic rings. The number of hydrogen-bond acceptors (Lipinski definition) is 4. The lowest BCUT2D eigenvalue weighted by atomic mass is 10.1. The molecule has 2 heterocycles. The first kappa shape index (κ1) is 22.9. The number of thioether (sulfide) groups is 1. The third-order valence-corrected chi connectivity index (χ3v) is 6.78. The monoisotopic (exact) mass is 486 g/mol. The molecule has 3 aromatic carbocycles. The SMILES string of the molecule is O=C1S/C(=C\c2cn(CCOc3ccccc3F)c3ccccc23)C(=O)N1CCc1ccccc1. The number of para-hydroxylation sites is 2. The Morgan fingerprint density at radius 1 is 0.886 bits per heavy atom. The van der Waals surface area contributed by atoms with Crippen LogP contribution in [-0.2, 0) is 17.8 Å². The van der Waals surface area contributed by atoms with E-state index in [0.717, 1.165) is 33.8 Å². The lowest BCUT2D eigenvalue weighted by Crippen LogP contribution is -2.30. The van der Waals surface area contributed by atoms with E-state index in [4.69, 9.17) is 4.74 Å². The number of benzene rings is 3. The molecule has 7 heteroatoms. The molecular weight excluding hydrogens is 463 g/mol. The van der Waals surface area contributed by atoms with Crippen molar-refractivity contribution in [2.24, 2.45) is 0 Å². The number of nitrogens with zero attached hydrogens (tertiary/aromatic N) is 2. The van der Waals surface area contributed by atoms with Gasteiger partial charge in [0, 0.05) is 29.2 Å². The molecule has 1 aliphatic heterocycles. The summed E-state index contributed by atoms with van der Waals surface area (Å²) in [4.78, 5) is 27.3. The highest BCUT2D eigenvalue weighted by atomic mass is 32.2. The topological polar surface area (TPSA) is 51.5 Å². The zero-order valence-electron chi connectivity index (χ0n) is 18.9. The number of ether oxygens (including phenoxy) is 1. The van der Waals surface area contributed by atoms with Gasteiger partial charge in [0.2, 0.25) is 0 Å². The fourth-order valence-electron chi connectivity index (χ4n) is 4.11. The first-order chi connectivity index (χ1) is 17.1. The number of imide groups is 1. The minimum atomic E-state index is -0.395. The van der Waals surface area contributed by atoms with Crippen LogP contribution in [-0.4, -0.2) is 33.8 Å². The Morgan fingerprint density at radius 3 is 2.46 bits per heavy atom. The Balaban J connectivity index is 1.33. The maximum atomic E-state index is 13.8. The van der Waals surface area contributed by atoms with Gasteiger partial charge in [-0.2, -0.15) is 0 Å². The number of aromatic nitrogens is 1. The fraction of sp³-hybridized carbons (Fsp3) is 0.143. The molecule has 1 aliphatic rings. The summed E-state index contributed by atoms with van der Waals surface area (Å²) in [7, 11) is 0. The lowest BCUT2D eigenvalue weighted by molar-refractivity contribution is -0.122. The van der Waals surface area contributed by atoms with Gasteiger partial charge in [-0.1, -0.05) is 60.7 Å². The Labute approximate surface area is 206 Å². The van der Waals surface area contributed by atoms with Crippen molar-refractivity contribution in [3.8, 4) is 5.75 Å². The van der Waals surface area contributed by atoms with Crippen LogP contribution in [0.3, 0.4) is 0 Å². The van der Waals surface area contributed by atoms with Gasteiger partial charge in [0.15, 0.2) is 11.6 Å². The molecule has 2 amide bonds. The molecule has 1 aromatic heterocycles. The quantitative estimate of drug-likeness (QED) is 0.281. The number of hydrogen-bond donors (Lipinski definition) is 0. The standard InChI is InChI=1S/C28H23FN2O3S/c29-23-11-5-7-13-25(23)34-17-16-30-19-21(22-10-4-6-12-24(22)30)18-26-27(32)31(28(33)35-26)15-14-20-8-2-1-3-9-20/h1-13,18-19H,14-17H2/b26-18-. The summed E-state index contributed by atoms with van der Waals surface area (Å²) in [5, 5.41) is 0.716. The summed E-state index contributed by atoms with van der Waals surface area (Å²) in [5.74, 6) is -0.447. The van der Waals surface area contributed by atoms with Crippen LogP contribution in [0.15, 0.2) is 90.0 Å². The van der Waals surface area contributed by atoms with Crippen molar-refractivity contribution in [3.63, 3.8) is 0 Å². The second-order valence-electron chi connectivity index (χ2n) is 8.14. The van der Waals surface area contributed by atoms with Crippen LogP contribution in [0, 0.1) is 5.82 Å². The number of carbonyl (C=O) groups is 2. The molecule has 0 spiro atoms. The fourth-order valence-corrected chi connectivity index (χ4v) is 4.97. The maximum absolute atomic E-state index is 13.8. The molecule has 5 rings (SSSR count). The van der Waals surface area contributed by atoms with Crippen molar-refractivity contribution in [1.82, 2.24) is 9.47 Å². The summed E-state index contributed by atoms with van der Waals surface area (Å²) in [6.07, 6.45) is 4.34. The molecular formula is C28H23FN2O3S. The molecule has 35 heavy (non-hydrogen) atoms. The summed E-state index contributed by atoms with van der Waals surface area (Å²) in [5.41, 5.74) is 2.90. The third-order valence-electron chi connectivity index (χ3n) is 5.87. The average Bonchev–Trinajstić information content (AvgIpc) is 3.36. The van der Waals surface area contributed by atoms with E-state index in [1.54, 1.807) is 24.3 Å². The van der Waals surface area contributed by atoms with Crippen molar-refractivity contribution in [2.45, 2.75) is 13.0 Å². The molecule has 176 valence electrons. The largest absolute Gasteiger partial charge is 0.489 e. The molecule has 0 radical (unpaired) electrons. The van der Waals surface area contributed by atoms with Crippen LogP contribution < -0.4 is 4.74 Å². The van der Waals surface area contributed by atoms with Gasteiger partial charge in [0.05, 0.1) is 11.4 Å². The second kappa shape index (κ2) is 10.2. The molecule has 5 nitrogen and oxygen atoms in total. The van der Waals surface area contributed by atoms with Crippen LogP contribution in [0.25, 0.3) is 17.0 Å². The normalized spacial score (nSPS) is 14.9. The number of fused-ring (bicyclic) bond motifs is 1. The van der Waals surface area contributed by atoms with Crippen molar-refractivity contribution in [2.75, 3.05) is 13.2 Å². The van der Waals surface area contributed by atoms with Crippen LogP contribution in [0.4, 0.5) is 9.18 Å². The van der Waals surface area contributed by atoms with E-state index < -0.39 is 5.82 Å². The van der Waals surface area contributed by atoms with Crippen LogP contribution in [0.1, 0.15) is 11.1 Å². The number of carbonyl (C=O) groups excluding carboxylic acids is 2. The Bertz CT molecular complexity index is 1410. The van der Waals surface area contributed by atoms with E-state index in [2.05, 4.69) is 0 Å². The predicted octanol–water partition coefficient (Wildman–Crippen LogP) is 6.14. The van der Waals surface area contributed by atoms with Crippen molar-refractivity contribution < 1.29 is 18.7 Å². The van der Waals surface area contributed by atoms with E-state index >= 15 is 0 Å². The highest BCUT2D eigenvalue weighted by Gasteiger charge is 2.34. The Kier molecular flexibility index (Phi) is 6.68. The average molecular weight is 487 g/mol. The number of rotatable bonds is 8. The molecule has 1 saturated heterocycles. The van der Waals surface area contributed by atoms with Gasteiger partial charge in [-0.25, -0.2) is 4.39 Å². The summed E-state index contributed by atoms with van der Waals surface area (Å²) < 4.78 is 21.5. The summed E-state index contributed by atoms with van der Waals surface area (Å²) >= 11 is 0.969. The lowest BCUT2D eigenvalue weighted by Gasteiger charge is -2.12. The zero-order valence-corrected chi connectivity index (χ0v) is 19.7. The van der Waals surface area contributed by atoms with Gasteiger partial charge in [0.25, 0.3) is 11.1 Å². The van der Waals surface area contributed by atoms with E-state index in [0.29, 0.717) is 24.4 Å². The first-order valence-electron chi connectivity index (χ1n) is 11.3. The molecule has 0 bridgehead atoms. The van der Waals surface area contributed by atoms with Crippen molar-refractivity contribution in [3.05, 3.63) is 107 Å². The minimum absolute atomic E-state index is 0.216. The molecule has 0 aliphatic carbocycles. The number of amides is 2. The van der Waals surface area contributed by atoms with E-state index in [1.807, 2.05) is 65.4 Å². The maximum Gasteiger partial charge on any atom is 0.293 e. The van der Waals surface area contributed by atoms with Gasteiger partial charge in [-0.15, -0.1) is 0 Å². The summed E-state index contributed by atoms with van der Waals surface area (Å²) in [6.45, 7) is 1.14. The van der Waals surface area contributed by atoms with E-state index in [9.17, 15) is 14.0 Å². The summed E-state index contributed by atoms with van der Waals surface area (Å²) in [6, 6.07) is 24.0. The highest BCUT2D eigenvalue weighted by molar-refractivity contribution is 8.18. The predicted molar refractivity (Wildman–Crippen MR) is 137 cm³/mol. The van der Waals surface area contributed by atoms with E-state index in [-0.39, 0.29) is 23.5 Å². The van der Waals surface area contributed by atoms with Gasteiger partial charge < -0.3 is 9.30 Å². The molecule has 0 unspecified atom stereocenters. The molecule has 0 atom stereocenters. The van der Waals surface area contributed by atoms with Gasteiger partial charge in [-0.05, 0) is 48.0 Å². The van der Waals surface area contributed by atoms with Gasteiger partial charge >= 0.3 is 0 Å². The molecule has 1 fully saturated rings. The van der Waals surface area contributed by atoms with E-state index in [1.165, 1.54) is 11.0 Å². The second-order valence-corrected chi connectivity index (χ2v) is 9.14. The van der Waals surface area contributed by atoms with Crippen molar-refractivity contribution in [1.29, 1.82) is 0 Å². The smallest absolute Gasteiger partial charge is 0.293 e. The van der Waals surface area contributed by atoms with Crippen LogP contribution in [0.5, 0.6) is 5.75 Å².